The molecule has 1 saturated heterocycles. The van der Waals surface area contributed by atoms with Gasteiger partial charge in [0.05, 0.1) is 17.4 Å². The second-order valence-corrected chi connectivity index (χ2v) is 10.4. The summed E-state index contributed by atoms with van der Waals surface area (Å²) in [4.78, 5) is 13.4. The Morgan fingerprint density at radius 1 is 1.21 bits per heavy atom. The van der Waals surface area contributed by atoms with Crippen LogP contribution >= 0.6 is 24.6 Å². The van der Waals surface area contributed by atoms with Crippen molar-refractivity contribution in [2.24, 2.45) is 0 Å². The molecule has 0 amide bonds. The fraction of sp³-hybridized carbons (Fsp3) is 0.429. The van der Waals surface area contributed by atoms with Gasteiger partial charge in [0, 0.05) is 36.6 Å². The van der Waals surface area contributed by atoms with E-state index in [0.29, 0.717) is 19.0 Å². The van der Waals surface area contributed by atoms with Gasteiger partial charge in [-0.3, -0.25) is 4.79 Å². The first-order valence-corrected chi connectivity index (χ1v) is 11.9. The topological polar surface area (TPSA) is 98.2 Å². The maximum atomic E-state index is 13.1. The van der Waals surface area contributed by atoms with E-state index in [4.69, 9.17) is 12.2 Å². The number of hydrogen-bond donors (Lipinski definition) is 2. The molecule has 2 N–H and O–H groups in total. The highest BCUT2D eigenvalue weighted by Crippen LogP contribution is 2.39. The molecule has 188 valence electrons. The zero-order valence-corrected chi connectivity index (χ0v) is 20.5. The van der Waals surface area contributed by atoms with Crippen LogP contribution in [0.1, 0.15) is 25.3 Å². The first kappa shape index (κ1) is 28.2. The van der Waals surface area contributed by atoms with Crippen molar-refractivity contribution < 1.29 is 36.6 Å². The lowest BCUT2D eigenvalue weighted by Crippen LogP contribution is -2.56. The number of thiocarbonyl (C=S) groups is 1. The summed E-state index contributed by atoms with van der Waals surface area (Å²) in [7, 11) is -3.93. The Morgan fingerprint density at radius 3 is 2.35 bits per heavy atom. The minimum absolute atomic E-state index is 0. The highest BCUT2D eigenvalue weighted by molar-refractivity contribution is 7.96. The largest absolute Gasteiger partial charge is 0.481 e. The number of allylic oxidation sites excluding steroid dienone is 4. The second kappa shape index (κ2) is 10.3. The molecule has 2 aliphatic rings. The highest BCUT2D eigenvalue weighted by atomic mass is 35.5. The van der Waals surface area contributed by atoms with Crippen molar-refractivity contribution in [3.05, 3.63) is 53.0 Å². The van der Waals surface area contributed by atoms with E-state index in [1.165, 1.54) is 22.5 Å². The van der Waals surface area contributed by atoms with E-state index in [0.717, 1.165) is 12.1 Å². The standard InChI is InChI=1S/C21H23F3N2O5S2.ClH/c1-20(29,21(22,23)24)14-6-8-15(9-7-14)26-11-10-25(13-16(26)12-19(27)28)33(30,31)18-5-3-2-4-17(18)32;/h2-3,5-9,16,29H,4,10-13H2,1H3,(H,27,28);1H/t16-,20?;/m0./s1. The number of carbonyl (C=O) groups is 1. The molecule has 1 fully saturated rings. The Bertz CT molecular complexity index is 1100. The Hall–Kier alpha value is -1.99. The Balaban J connectivity index is 0.00000408. The summed E-state index contributed by atoms with van der Waals surface area (Å²) < 4.78 is 66.7. The van der Waals surface area contributed by atoms with Crippen LogP contribution < -0.4 is 4.90 Å². The molecule has 7 nitrogen and oxygen atoms in total. The molecule has 2 atom stereocenters. The second-order valence-electron chi connectivity index (χ2n) is 8.01. The Kier molecular flexibility index (Phi) is 8.58. The molecule has 1 aromatic carbocycles. The number of aliphatic carboxylic acids is 1. The Morgan fingerprint density at radius 2 is 1.82 bits per heavy atom. The third-order valence-electron chi connectivity index (χ3n) is 5.75. The predicted octanol–water partition coefficient (Wildman–Crippen LogP) is 3.39. The van der Waals surface area contributed by atoms with Gasteiger partial charge in [0.2, 0.25) is 10.0 Å². The number of halogens is 4. The van der Waals surface area contributed by atoms with Gasteiger partial charge in [-0.1, -0.05) is 36.5 Å². The molecule has 1 aliphatic carbocycles. The number of rotatable bonds is 6. The van der Waals surface area contributed by atoms with E-state index >= 15 is 0 Å². The van der Waals surface area contributed by atoms with Gasteiger partial charge >= 0.3 is 12.1 Å². The van der Waals surface area contributed by atoms with Crippen LogP contribution in [0.2, 0.25) is 0 Å². The number of sulfonamides is 1. The van der Waals surface area contributed by atoms with Gasteiger partial charge in [0.1, 0.15) is 0 Å². The van der Waals surface area contributed by atoms with Crippen molar-refractivity contribution in [1.29, 1.82) is 0 Å². The number of alkyl halides is 3. The van der Waals surface area contributed by atoms with Gasteiger partial charge in [0.25, 0.3) is 0 Å². The zero-order chi connectivity index (χ0) is 24.6. The van der Waals surface area contributed by atoms with Crippen LogP contribution in [0.15, 0.2) is 47.4 Å². The van der Waals surface area contributed by atoms with E-state index < -0.39 is 33.8 Å². The van der Waals surface area contributed by atoms with Crippen LogP contribution in [0.3, 0.4) is 0 Å². The quantitative estimate of drug-likeness (QED) is 0.534. The van der Waals surface area contributed by atoms with Gasteiger partial charge in [-0.15, -0.1) is 12.4 Å². The molecular weight excluding hydrogens is 517 g/mol. The average molecular weight is 541 g/mol. The van der Waals surface area contributed by atoms with Gasteiger partial charge in [-0.05, 0) is 30.7 Å². The monoisotopic (exact) mass is 540 g/mol. The molecule has 1 heterocycles. The summed E-state index contributed by atoms with van der Waals surface area (Å²) in [6.45, 7) is 0.699. The zero-order valence-electron chi connectivity index (χ0n) is 18.0. The first-order chi connectivity index (χ1) is 15.2. The van der Waals surface area contributed by atoms with Crippen molar-refractivity contribution in [3.8, 4) is 0 Å². The third-order valence-corrected chi connectivity index (χ3v) is 8.21. The summed E-state index contributed by atoms with van der Waals surface area (Å²) in [5.74, 6) is -1.14. The van der Waals surface area contributed by atoms with Crippen molar-refractivity contribution in [2.45, 2.75) is 37.6 Å². The summed E-state index contributed by atoms with van der Waals surface area (Å²) in [5, 5.41) is 19.2. The number of piperazine rings is 1. The molecule has 1 aromatic rings. The van der Waals surface area contributed by atoms with Gasteiger partial charge in [-0.25, -0.2) is 8.42 Å². The minimum atomic E-state index is -4.87. The lowest BCUT2D eigenvalue weighted by Gasteiger charge is -2.42. The van der Waals surface area contributed by atoms with Crippen LogP contribution in [-0.4, -0.2) is 65.6 Å². The van der Waals surface area contributed by atoms with E-state index in [2.05, 4.69) is 0 Å². The molecule has 13 heteroatoms. The number of aliphatic hydroxyl groups is 1. The van der Waals surface area contributed by atoms with Crippen LogP contribution in [0.5, 0.6) is 0 Å². The van der Waals surface area contributed by atoms with Crippen LogP contribution in [0.25, 0.3) is 0 Å². The Labute approximate surface area is 207 Å². The molecule has 0 radical (unpaired) electrons. The van der Waals surface area contributed by atoms with Crippen molar-refractivity contribution >= 4 is 51.2 Å². The molecular formula is C21H24ClF3N2O5S2. The fourth-order valence-electron chi connectivity index (χ4n) is 3.80. The highest BCUT2D eigenvalue weighted by Gasteiger charge is 2.51. The molecule has 34 heavy (non-hydrogen) atoms. The first-order valence-electron chi connectivity index (χ1n) is 10.0. The summed E-state index contributed by atoms with van der Waals surface area (Å²) in [5.41, 5.74) is -2.98. The number of carboxylic acids is 1. The van der Waals surface area contributed by atoms with Crippen LogP contribution in [-0.2, 0) is 20.4 Å². The molecule has 0 spiro atoms. The van der Waals surface area contributed by atoms with Crippen LogP contribution in [0, 0.1) is 0 Å². The lowest BCUT2D eigenvalue weighted by molar-refractivity contribution is -0.258. The van der Waals surface area contributed by atoms with Crippen LogP contribution in [0.4, 0.5) is 18.9 Å². The normalized spacial score (nSPS) is 21.4. The van der Waals surface area contributed by atoms with Gasteiger partial charge in [-0.2, -0.15) is 17.5 Å². The fourth-order valence-corrected chi connectivity index (χ4v) is 5.87. The number of anilines is 1. The van der Waals surface area contributed by atoms with Crippen molar-refractivity contribution in [3.63, 3.8) is 0 Å². The number of nitrogens with zero attached hydrogens (tertiary/aromatic N) is 2. The molecule has 1 unspecified atom stereocenters. The molecule has 1 aliphatic heterocycles. The van der Waals surface area contributed by atoms with Gasteiger partial charge < -0.3 is 15.1 Å². The predicted molar refractivity (Wildman–Crippen MR) is 128 cm³/mol. The van der Waals surface area contributed by atoms with Crippen molar-refractivity contribution in [1.82, 2.24) is 4.31 Å². The van der Waals surface area contributed by atoms with E-state index in [-0.39, 0.29) is 53.8 Å². The molecule has 3 rings (SSSR count). The van der Waals surface area contributed by atoms with Crippen molar-refractivity contribution in [2.75, 3.05) is 24.5 Å². The third kappa shape index (κ3) is 5.62. The maximum absolute atomic E-state index is 13.1. The summed E-state index contributed by atoms with van der Waals surface area (Å²) in [6, 6.07) is 4.22. The maximum Gasteiger partial charge on any atom is 0.421 e. The number of benzene rings is 1. The van der Waals surface area contributed by atoms with E-state index in [1.54, 1.807) is 17.1 Å². The average Bonchev–Trinajstić information content (AvgIpc) is 2.73. The lowest BCUT2D eigenvalue weighted by atomic mass is 9.95. The molecule has 0 bridgehead atoms. The SMILES string of the molecule is CC(O)(c1ccc(N2CCN(S(=O)(=O)C3=CC=CCC3=S)C[C@@H]2CC(=O)O)cc1)C(F)(F)F.Cl. The number of hydrogen-bond acceptors (Lipinski definition) is 6. The molecule has 0 aromatic heterocycles. The van der Waals surface area contributed by atoms with E-state index in [1.807, 2.05) is 0 Å². The summed E-state index contributed by atoms with van der Waals surface area (Å²) in [6.07, 6.45) is -0.156. The number of carboxylic acid groups (broad SMARTS) is 1. The smallest absolute Gasteiger partial charge is 0.421 e. The summed E-state index contributed by atoms with van der Waals surface area (Å²) >= 11 is 5.18. The van der Waals surface area contributed by atoms with E-state index in [9.17, 15) is 36.6 Å². The molecule has 0 saturated carbocycles. The minimum Gasteiger partial charge on any atom is -0.481 e. The van der Waals surface area contributed by atoms with Gasteiger partial charge in [0.15, 0.2) is 5.60 Å².